The molecule has 2 heterocycles. The molecule has 0 bridgehead atoms. The highest BCUT2D eigenvalue weighted by Gasteiger charge is 2.16. The highest BCUT2D eigenvalue weighted by molar-refractivity contribution is 5.93. The molecule has 0 saturated heterocycles. The number of aromatic nitrogens is 2. The van der Waals surface area contributed by atoms with Crippen molar-refractivity contribution in [3.8, 4) is 11.3 Å². The molecule has 0 aliphatic heterocycles. The van der Waals surface area contributed by atoms with Gasteiger partial charge in [-0.1, -0.05) is 36.3 Å². The van der Waals surface area contributed by atoms with E-state index in [0.717, 1.165) is 17.5 Å². The van der Waals surface area contributed by atoms with Gasteiger partial charge in [0.1, 0.15) is 0 Å². The van der Waals surface area contributed by atoms with E-state index in [9.17, 15) is 4.79 Å². The maximum absolute atomic E-state index is 12.3. The fourth-order valence-corrected chi connectivity index (χ4v) is 2.42. The van der Waals surface area contributed by atoms with Crippen LogP contribution in [0.4, 0.5) is 0 Å². The molecule has 0 unspecified atom stereocenters. The van der Waals surface area contributed by atoms with Gasteiger partial charge in [-0.25, -0.2) is 0 Å². The van der Waals surface area contributed by atoms with Gasteiger partial charge in [0.2, 0.25) is 0 Å². The number of pyridine rings is 1. The van der Waals surface area contributed by atoms with Crippen LogP contribution in [-0.4, -0.2) is 16.0 Å². The number of nitrogens with zero attached hydrogens (tertiary/aromatic N) is 2. The zero-order chi connectivity index (χ0) is 16.9. The molecule has 0 aliphatic rings. The summed E-state index contributed by atoms with van der Waals surface area (Å²) in [5, 5.41) is 6.79. The molecule has 122 valence electrons. The molecule has 3 rings (SSSR count). The SMILES string of the molecule is CCc1ccc([C@H](C)NC(=O)c2cc(-c3cccnc3)on2)cc1. The van der Waals surface area contributed by atoms with Gasteiger partial charge < -0.3 is 9.84 Å². The Morgan fingerprint density at radius 1 is 1.25 bits per heavy atom. The van der Waals surface area contributed by atoms with Crippen LogP contribution in [0.15, 0.2) is 59.4 Å². The minimum Gasteiger partial charge on any atom is -0.355 e. The molecule has 1 amide bonds. The smallest absolute Gasteiger partial charge is 0.273 e. The quantitative estimate of drug-likeness (QED) is 0.776. The van der Waals surface area contributed by atoms with E-state index in [1.54, 1.807) is 24.5 Å². The highest BCUT2D eigenvalue weighted by Crippen LogP contribution is 2.20. The number of hydrogen-bond acceptors (Lipinski definition) is 4. The van der Waals surface area contributed by atoms with Gasteiger partial charge in [-0.3, -0.25) is 9.78 Å². The monoisotopic (exact) mass is 321 g/mol. The van der Waals surface area contributed by atoms with Crippen molar-refractivity contribution in [1.82, 2.24) is 15.5 Å². The Labute approximate surface area is 140 Å². The molecule has 0 saturated carbocycles. The lowest BCUT2D eigenvalue weighted by Gasteiger charge is -2.13. The predicted molar refractivity (Wildman–Crippen MR) is 91.4 cm³/mol. The van der Waals surface area contributed by atoms with Crippen LogP contribution in [0.1, 0.15) is 41.5 Å². The van der Waals surface area contributed by atoms with Gasteiger partial charge in [0.05, 0.1) is 6.04 Å². The van der Waals surface area contributed by atoms with E-state index in [0.29, 0.717) is 5.76 Å². The first-order chi connectivity index (χ1) is 11.7. The molecule has 1 aromatic carbocycles. The first-order valence-corrected chi connectivity index (χ1v) is 7.94. The van der Waals surface area contributed by atoms with Crippen molar-refractivity contribution in [2.45, 2.75) is 26.3 Å². The zero-order valence-corrected chi connectivity index (χ0v) is 13.7. The topological polar surface area (TPSA) is 68.0 Å². The highest BCUT2D eigenvalue weighted by atomic mass is 16.5. The molecular formula is C19H19N3O2. The standard InChI is InChI=1S/C19H19N3O2/c1-3-14-6-8-15(9-7-14)13(2)21-19(23)17-11-18(24-22-17)16-5-4-10-20-12-16/h4-13H,3H2,1-2H3,(H,21,23)/t13-/m0/s1. The van der Waals surface area contributed by atoms with Crippen molar-refractivity contribution >= 4 is 5.91 Å². The third-order valence-electron chi connectivity index (χ3n) is 3.92. The van der Waals surface area contributed by atoms with Crippen LogP contribution in [0.25, 0.3) is 11.3 Å². The Balaban J connectivity index is 1.69. The van der Waals surface area contributed by atoms with Crippen LogP contribution in [0.3, 0.4) is 0 Å². The summed E-state index contributed by atoms with van der Waals surface area (Å²) in [6.45, 7) is 4.06. The van der Waals surface area contributed by atoms with Crippen molar-refractivity contribution in [1.29, 1.82) is 0 Å². The summed E-state index contributed by atoms with van der Waals surface area (Å²) in [7, 11) is 0. The molecule has 0 aliphatic carbocycles. The Bertz CT molecular complexity index is 810. The lowest BCUT2D eigenvalue weighted by molar-refractivity contribution is 0.0931. The van der Waals surface area contributed by atoms with Crippen LogP contribution in [0.5, 0.6) is 0 Å². The first-order valence-electron chi connectivity index (χ1n) is 7.94. The maximum atomic E-state index is 12.3. The van der Waals surface area contributed by atoms with Crippen LogP contribution >= 0.6 is 0 Å². The molecule has 1 atom stereocenters. The number of benzene rings is 1. The minimum absolute atomic E-state index is 0.109. The van der Waals surface area contributed by atoms with E-state index in [1.807, 2.05) is 25.1 Å². The average molecular weight is 321 g/mol. The molecule has 5 heteroatoms. The van der Waals surface area contributed by atoms with Gasteiger partial charge in [-0.05, 0) is 36.6 Å². The Morgan fingerprint density at radius 3 is 2.71 bits per heavy atom. The largest absolute Gasteiger partial charge is 0.355 e. The Hall–Kier alpha value is -2.95. The second-order valence-electron chi connectivity index (χ2n) is 5.61. The predicted octanol–water partition coefficient (Wildman–Crippen LogP) is 3.79. The van der Waals surface area contributed by atoms with Gasteiger partial charge >= 0.3 is 0 Å². The number of nitrogens with one attached hydrogen (secondary N) is 1. The lowest BCUT2D eigenvalue weighted by atomic mass is 10.0. The number of carbonyl (C=O) groups excluding carboxylic acids is 1. The second-order valence-corrected chi connectivity index (χ2v) is 5.61. The minimum atomic E-state index is -0.263. The maximum Gasteiger partial charge on any atom is 0.273 e. The van der Waals surface area contributed by atoms with Gasteiger partial charge in [-0.2, -0.15) is 0 Å². The van der Waals surface area contributed by atoms with E-state index in [2.05, 4.69) is 34.5 Å². The fraction of sp³-hybridized carbons (Fsp3) is 0.211. The van der Waals surface area contributed by atoms with Crippen molar-refractivity contribution in [3.05, 3.63) is 71.7 Å². The van der Waals surface area contributed by atoms with Crippen LogP contribution in [0.2, 0.25) is 0 Å². The third kappa shape index (κ3) is 3.51. The van der Waals surface area contributed by atoms with Crippen molar-refractivity contribution in [3.63, 3.8) is 0 Å². The molecule has 0 spiro atoms. The van der Waals surface area contributed by atoms with Crippen LogP contribution in [0, 0.1) is 0 Å². The molecule has 1 N–H and O–H groups in total. The Kier molecular flexibility index (Phi) is 4.70. The molecule has 0 fully saturated rings. The van der Waals surface area contributed by atoms with Crippen LogP contribution in [-0.2, 0) is 6.42 Å². The molecule has 2 aromatic heterocycles. The summed E-state index contributed by atoms with van der Waals surface area (Å²) in [6, 6.07) is 13.4. The molecule has 5 nitrogen and oxygen atoms in total. The molecule has 0 radical (unpaired) electrons. The Morgan fingerprint density at radius 2 is 2.04 bits per heavy atom. The van der Waals surface area contributed by atoms with Crippen molar-refractivity contribution in [2.24, 2.45) is 0 Å². The summed E-state index contributed by atoms with van der Waals surface area (Å²) < 4.78 is 5.24. The third-order valence-corrected chi connectivity index (χ3v) is 3.92. The van der Waals surface area contributed by atoms with Crippen LogP contribution < -0.4 is 5.32 Å². The van der Waals surface area contributed by atoms with E-state index < -0.39 is 0 Å². The van der Waals surface area contributed by atoms with E-state index in [-0.39, 0.29) is 17.6 Å². The number of hydrogen-bond donors (Lipinski definition) is 1. The summed E-state index contributed by atoms with van der Waals surface area (Å²) in [4.78, 5) is 16.4. The summed E-state index contributed by atoms with van der Waals surface area (Å²) in [6.07, 6.45) is 4.34. The zero-order valence-electron chi connectivity index (χ0n) is 13.7. The molecular weight excluding hydrogens is 302 g/mol. The van der Waals surface area contributed by atoms with E-state index in [4.69, 9.17) is 4.52 Å². The fourth-order valence-electron chi connectivity index (χ4n) is 2.42. The van der Waals surface area contributed by atoms with E-state index in [1.165, 1.54) is 5.56 Å². The van der Waals surface area contributed by atoms with E-state index >= 15 is 0 Å². The molecule has 24 heavy (non-hydrogen) atoms. The lowest BCUT2D eigenvalue weighted by Crippen LogP contribution is -2.26. The van der Waals surface area contributed by atoms with Gasteiger partial charge in [0.15, 0.2) is 11.5 Å². The van der Waals surface area contributed by atoms with Gasteiger partial charge in [0, 0.05) is 24.0 Å². The summed E-state index contributed by atoms with van der Waals surface area (Å²) in [5.41, 5.74) is 3.37. The van der Waals surface area contributed by atoms with Gasteiger partial charge in [-0.15, -0.1) is 0 Å². The number of carbonyl (C=O) groups is 1. The number of aryl methyl sites for hydroxylation is 1. The number of amides is 1. The molecule has 3 aromatic rings. The summed E-state index contributed by atoms with van der Waals surface area (Å²) in [5.74, 6) is 0.258. The number of rotatable bonds is 5. The second kappa shape index (κ2) is 7.08. The van der Waals surface area contributed by atoms with Crippen molar-refractivity contribution in [2.75, 3.05) is 0 Å². The van der Waals surface area contributed by atoms with Gasteiger partial charge in [0.25, 0.3) is 5.91 Å². The van der Waals surface area contributed by atoms with Crippen molar-refractivity contribution < 1.29 is 9.32 Å². The normalized spacial score (nSPS) is 11.9. The average Bonchev–Trinajstić information content (AvgIpc) is 3.13. The summed E-state index contributed by atoms with van der Waals surface area (Å²) >= 11 is 0. The first kappa shape index (κ1) is 15.9.